The van der Waals surface area contributed by atoms with E-state index in [4.69, 9.17) is 0 Å². The average Bonchev–Trinajstić information content (AvgIpc) is 3.11. The maximum Gasteiger partial charge on any atom is 0.327 e. The van der Waals surface area contributed by atoms with Crippen molar-refractivity contribution in [2.45, 2.75) is 61.5 Å². The molecule has 4 rings (SSSR count). The number of likely N-dealkylation sites (N-methyl/N-ethyl adjacent to an activating group) is 1. The fraction of sp³-hybridized carbons (Fsp3) is 0.423. The minimum absolute atomic E-state index is 0.0902. The van der Waals surface area contributed by atoms with Gasteiger partial charge < -0.3 is 25.7 Å². The van der Waals surface area contributed by atoms with Crippen LogP contribution in [0.4, 0.5) is 0 Å². The van der Waals surface area contributed by atoms with E-state index < -0.39 is 28.9 Å². The number of hydrogen-bond donors (Lipinski definition) is 4. The van der Waals surface area contributed by atoms with Crippen molar-refractivity contribution in [3.05, 3.63) is 71.8 Å². The number of carbonyl (C=O) groups is 3. The number of hydrogen-bond acceptors (Lipinski definition) is 6. The zero-order valence-corrected chi connectivity index (χ0v) is 21.2. The van der Waals surface area contributed by atoms with Crippen LogP contribution in [0.1, 0.15) is 38.0 Å². The first-order valence-electron chi connectivity index (χ1n) is 11.5. The predicted molar refractivity (Wildman–Crippen MR) is 136 cm³/mol. The van der Waals surface area contributed by atoms with Gasteiger partial charge in [0.1, 0.15) is 17.5 Å². The molecular formula is C26H33N3O5S. The van der Waals surface area contributed by atoms with Crippen LogP contribution in [0.3, 0.4) is 0 Å². The van der Waals surface area contributed by atoms with Crippen LogP contribution in [0.25, 0.3) is 0 Å². The molecule has 35 heavy (non-hydrogen) atoms. The van der Waals surface area contributed by atoms with Crippen LogP contribution >= 0.6 is 11.8 Å². The molecule has 2 saturated heterocycles. The largest absolute Gasteiger partial charge is 0.480 e. The van der Waals surface area contributed by atoms with E-state index in [9.17, 15) is 24.6 Å². The summed E-state index contributed by atoms with van der Waals surface area (Å²) in [6, 6.07) is 17.5. The van der Waals surface area contributed by atoms with E-state index in [1.165, 1.54) is 16.7 Å². The molecule has 0 aliphatic carbocycles. The van der Waals surface area contributed by atoms with Gasteiger partial charge in [-0.2, -0.15) is 0 Å². The molecule has 5 unspecified atom stereocenters. The van der Waals surface area contributed by atoms with Crippen LogP contribution in [0, 0.1) is 0 Å². The van der Waals surface area contributed by atoms with Crippen LogP contribution in [-0.2, 0) is 20.8 Å². The van der Waals surface area contributed by atoms with Gasteiger partial charge in [-0.15, -0.1) is 11.8 Å². The summed E-state index contributed by atoms with van der Waals surface area (Å²) in [6.45, 7) is 5.58. The van der Waals surface area contributed by atoms with Gasteiger partial charge in [0.2, 0.25) is 11.8 Å². The van der Waals surface area contributed by atoms with E-state index in [1.807, 2.05) is 88.5 Å². The summed E-state index contributed by atoms with van der Waals surface area (Å²) < 4.78 is -0.578. The average molecular weight is 500 g/mol. The predicted octanol–water partition coefficient (Wildman–Crippen LogP) is 2.19. The first-order valence-corrected chi connectivity index (χ1v) is 12.4. The number of rotatable bonds is 7. The number of carboxylic acids is 1. The zero-order chi connectivity index (χ0) is 25.8. The van der Waals surface area contributed by atoms with Crippen molar-refractivity contribution in [2.75, 3.05) is 7.05 Å². The number of nitrogens with one attached hydrogen (secondary N) is 2. The molecule has 2 aliphatic rings. The maximum absolute atomic E-state index is 12.3. The van der Waals surface area contributed by atoms with Crippen LogP contribution in [0.5, 0.6) is 0 Å². The summed E-state index contributed by atoms with van der Waals surface area (Å²) in [7, 11) is 1.84. The SMILES string of the molecule is CC1(C)SC2C(NC(=O)Cc3ccccc3)C(=O)N2C1C(=O)O.CNC(C)C(O)c1ccccc1. The van der Waals surface area contributed by atoms with Gasteiger partial charge >= 0.3 is 5.97 Å². The quantitative estimate of drug-likeness (QED) is 0.431. The number of aliphatic carboxylic acids is 1. The molecule has 8 nitrogen and oxygen atoms in total. The minimum Gasteiger partial charge on any atom is -0.480 e. The van der Waals surface area contributed by atoms with Gasteiger partial charge in [-0.1, -0.05) is 60.7 Å². The number of carbonyl (C=O) groups excluding carboxylic acids is 2. The summed E-state index contributed by atoms with van der Waals surface area (Å²) >= 11 is 1.42. The molecule has 4 N–H and O–H groups in total. The molecule has 9 heteroatoms. The summed E-state index contributed by atoms with van der Waals surface area (Å²) in [5.41, 5.74) is 1.83. The molecule has 2 aromatic rings. The third-order valence-electron chi connectivity index (χ3n) is 6.27. The van der Waals surface area contributed by atoms with Gasteiger partial charge in [0.15, 0.2) is 0 Å². The number of benzene rings is 2. The smallest absolute Gasteiger partial charge is 0.327 e. The van der Waals surface area contributed by atoms with Gasteiger partial charge in [0.25, 0.3) is 0 Å². The van der Waals surface area contributed by atoms with E-state index >= 15 is 0 Å². The van der Waals surface area contributed by atoms with Crippen molar-refractivity contribution in [1.29, 1.82) is 0 Å². The molecule has 0 bridgehead atoms. The van der Waals surface area contributed by atoms with Crippen molar-refractivity contribution in [2.24, 2.45) is 0 Å². The van der Waals surface area contributed by atoms with Crippen molar-refractivity contribution in [3.8, 4) is 0 Å². The molecule has 0 saturated carbocycles. The summed E-state index contributed by atoms with van der Waals surface area (Å²) in [4.78, 5) is 37.2. The number of aliphatic hydroxyl groups excluding tert-OH is 1. The Labute approximate surface area is 210 Å². The van der Waals surface area contributed by atoms with E-state index in [0.717, 1.165) is 11.1 Å². The van der Waals surface area contributed by atoms with Crippen LogP contribution < -0.4 is 10.6 Å². The van der Waals surface area contributed by atoms with E-state index in [-0.39, 0.29) is 29.7 Å². The highest BCUT2D eigenvalue weighted by Crippen LogP contribution is 2.50. The molecule has 0 radical (unpaired) electrons. The lowest BCUT2D eigenvalue weighted by Gasteiger charge is -2.43. The lowest BCUT2D eigenvalue weighted by molar-refractivity contribution is -0.161. The number of nitrogens with zero attached hydrogens (tertiary/aromatic N) is 1. The van der Waals surface area contributed by atoms with E-state index in [2.05, 4.69) is 10.6 Å². The Morgan fingerprint density at radius 1 is 1.09 bits per heavy atom. The lowest BCUT2D eigenvalue weighted by atomic mass is 9.96. The Bertz CT molecular complexity index is 1030. The number of thioether (sulfide) groups is 1. The number of fused-ring (bicyclic) bond motifs is 1. The fourth-order valence-corrected chi connectivity index (χ4v) is 5.87. The highest BCUT2D eigenvalue weighted by Gasteiger charge is 2.64. The Hall–Kier alpha value is -2.88. The van der Waals surface area contributed by atoms with Crippen molar-refractivity contribution in [1.82, 2.24) is 15.5 Å². The summed E-state index contributed by atoms with van der Waals surface area (Å²) in [5.74, 6) is -1.55. The second-order valence-electron chi connectivity index (χ2n) is 9.24. The molecule has 2 amide bonds. The Morgan fingerprint density at radius 2 is 1.66 bits per heavy atom. The molecule has 2 heterocycles. The standard InChI is InChI=1S/C16H18N2O4S.C10H15NO/c1-16(2)12(15(21)22)18-13(20)11(14(18)23-16)17-10(19)8-9-6-4-3-5-7-9;1-8(11-2)10(12)9-6-4-3-5-7-9/h3-7,11-12,14H,8H2,1-2H3,(H,17,19)(H,21,22);3-8,10-12H,1-2H3. The topological polar surface area (TPSA) is 119 Å². The molecule has 188 valence electrons. The highest BCUT2D eigenvalue weighted by molar-refractivity contribution is 8.01. The second kappa shape index (κ2) is 11.2. The summed E-state index contributed by atoms with van der Waals surface area (Å²) in [6.07, 6.45) is -0.218. The van der Waals surface area contributed by atoms with Crippen molar-refractivity contribution >= 4 is 29.5 Å². The molecule has 0 aromatic heterocycles. The van der Waals surface area contributed by atoms with Gasteiger partial charge in [-0.25, -0.2) is 4.79 Å². The van der Waals surface area contributed by atoms with E-state index in [0.29, 0.717) is 0 Å². The normalized spacial score (nSPS) is 23.7. The Balaban J connectivity index is 0.000000241. The van der Waals surface area contributed by atoms with Gasteiger partial charge in [0.05, 0.1) is 12.5 Å². The number of aliphatic hydroxyl groups is 1. The lowest BCUT2D eigenvalue weighted by Crippen LogP contribution is -2.70. The van der Waals surface area contributed by atoms with Crippen molar-refractivity contribution < 1.29 is 24.6 Å². The van der Waals surface area contributed by atoms with Crippen LogP contribution in [0.15, 0.2) is 60.7 Å². The third-order valence-corrected chi connectivity index (χ3v) is 7.84. The van der Waals surface area contributed by atoms with Crippen LogP contribution in [-0.4, -0.2) is 68.2 Å². The Kier molecular flexibility index (Phi) is 8.58. The first-order chi connectivity index (χ1) is 16.6. The molecule has 2 aliphatic heterocycles. The number of amides is 2. The fourth-order valence-electron chi connectivity index (χ4n) is 4.25. The van der Waals surface area contributed by atoms with Gasteiger partial charge in [-0.05, 0) is 38.9 Å². The third kappa shape index (κ3) is 6.04. The molecule has 0 spiro atoms. The zero-order valence-electron chi connectivity index (χ0n) is 20.3. The van der Waals surface area contributed by atoms with Gasteiger partial charge in [0, 0.05) is 10.8 Å². The molecular weight excluding hydrogens is 466 g/mol. The minimum atomic E-state index is -1.01. The monoisotopic (exact) mass is 499 g/mol. The molecule has 2 fully saturated rings. The van der Waals surface area contributed by atoms with Crippen LogP contribution in [0.2, 0.25) is 0 Å². The number of β-lactam (4-membered cyclic amide) rings is 1. The molecule has 2 aromatic carbocycles. The first kappa shape index (κ1) is 26.7. The number of carboxylic acid groups (broad SMARTS) is 1. The summed E-state index contributed by atoms with van der Waals surface area (Å²) in [5, 5.41) is 24.5. The second-order valence-corrected chi connectivity index (χ2v) is 11.0. The maximum atomic E-state index is 12.3. The van der Waals surface area contributed by atoms with E-state index in [1.54, 1.807) is 0 Å². The Morgan fingerprint density at radius 3 is 2.20 bits per heavy atom. The van der Waals surface area contributed by atoms with Crippen molar-refractivity contribution in [3.63, 3.8) is 0 Å². The molecule has 5 atom stereocenters. The van der Waals surface area contributed by atoms with Gasteiger partial charge in [-0.3, -0.25) is 9.59 Å². The highest BCUT2D eigenvalue weighted by atomic mass is 32.2.